The van der Waals surface area contributed by atoms with Crippen molar-refractivity contribution < 1.29 is 0 Å². The molecule has 10 heavy (non-hydrogen) atoms. The molecule has 1 radical (unpaired) electrons. The largest absolute Gasteiger partial charge is 0.191 e. The van der Waals surface area contributed by atoms with Crippen LogP contribution in [0.15, 0.2) is 16.4 Å². The summed E-state index contributed by atoms with van der Waals surface area (Å²) in [5.41, 5.74) is 6.11. The summed E-state index contributed by atoms with van der Waals surface area (Å²) in [5.74, 6) is 0. The summed E-state index contributed by atoms with van der Waals surface area (Å²) < 4.78 is 0. The zero-order chi connectivity index (χ0) is 7.56. The van der Waals surface area contributed by atoms with Crippen LogP contribution >= 0.6 is 0 Å². The molecule has 1 heterocycles. The van der Waals surface area contributed by atoms with E-state index in [1.54, 1.807) is 0 Å². The van der Waals surface area contributed by atoms with E-state index in [0.717, 1.165) is 17.7 Å². The van der Waals surface area contributed by atoms with Crippen molar-refractivity contribution in [1.29, 1.82) is 5.26 Å². The molecule has 0 aromatic carbocycles. The van der Waals surface area contributed by atoms with Crippen LogP contribution in [0.3, 0.4) is 0 Å². The van der Waals surface area contributed by atoms with Crippen LogP contribution in [0.4, 0.5) is 0 Å². The van der Waals surface area contributed by atoms with Crippen LogP contribution in [0.5, 0.6) is 0 Å². The molecule has 0 amide bonds. The Labute approximate surface area is 60.0 Å². The Bertz CT molecular complexity index is 242. The van der Waals surface area contributed by atoms with Gasteiger partial charge in [-0.1, -0.05) is 6.92 Å². The zero-order valence-corrected chi connectivity index (χ0v) is 6.05. The number of nitrogens with zero attached hydrogens (tertiary/aromatic N) is 3. The van der Waals surface area contributed by atoms with Gasteiger partial charge in [0, 0.05) is 5.57 Å². The highest BCUT2D eigenvalue weighted by Gasteiger charge is 2.15. The van der Waals surface area contributed by atoms with Crippen LogP contribution in [0.1, 0.15) is 20.3 Å². The third-order valence-corrected chi connectivity index (χ3v) is 1.48. The minimum atomic E-state index is 0.472. The average Bonchev–Trinajstić information content (AvgIpc) is 2.30. The molecule has 1 aliphatic heterocycles. The minimum Gasteiger partial charge on any atom is -0.191 e. The van der Waals surface area contributed by atoms with Crippen LogP contribution in [0.25, 0.3) is 0 Å². The maximum atomic E-state index is 8.51. The molecule has 0 fully saturated rings. The second kappa shape index (κ2) is 2.53. The zero-order valence-electron chi connectivity index (χ0n) is 6.05. The Morgan fingerprint density at radius 1 is 1.60 bits per heavy atom. The maximum Gasteiger partial charge on any atom is 0.168 e. The van der Waals surface area contributed by atoms with Crippen molar-refractivity contribution in [3.05, 3.63) is 11.3 Å². The van der Waals surface area contributed by atoms with Crippen LogP contribution in [0, 0.1) is 11.3 Å². The number of hydrogen-bond donors (Lipinski definition) is 0. The molecule has 0 saturated heterocycles. The van der Waals surface area contributed by atoms with Gasteiger partial charge in [-0.3, -0.25) is 0 Å². The highest BCUT2D eigenvalue weighted by atomic mass is 15.3. The summed E-state index contributed by atoms with van der Waals surface area (Å²) in [6, 6.07) is 1.99. The maximum absolute atomic E-state index is 8.51. The van der Waals surface area contributed by atoms with Crippen LogP contribution < -0.4 is 5.43 Å². The second-order valence-corrected chi connectivity index (χ2v) is 2.08. The van der Waals surface area contributed by atoms with Gasteiger partial charge in [0.05, 0.1) is 5.70 Å². The van der Waals surface area contributed by atoms with Gasteiger partial charge in [-0.2, -0.15) is 10.7 Å². The van der Waals surface area contributed by atoms with Crippen LogP contribution in [0.2, 0.25) is 0 Å². The Kier molecular flexibility index (Phi) is 1.72. The molecule has 1 aliphatic rings. The number of nitriles is 1. The standard InChI is InChI=1S/C7H8N3/c1-3-6-5(2)9-10-7(6)4-8/h3H2,1-2H3. The fraction of sp³-hybridized carbons (Fsp3) is 0.429. The van der Waals surface area contributed by atoms with E-state index in [9.17, 15) is 0 Å². The molecular formula is C7H8N3. The summed E-state index contributed by atoms with van der Waals surface area (Å²) >= 11 is 0. The Balaban J connectivity index is 2.92. The molecule has 0 spiro atoms. The topological polar surface area (TPSA) is 50.2 Å². The first kappa shape index (κ1) is 6.81. The molecule has 3 heteroatoms. The average molecular weight is 134 g/mol. The van der Waals surface area contributed by atoms with E-state index in [2.05, 4.69) is 10.5 Å². The van der Waals surface area contributed by atoms with Crippen LogP contribution in [-0.4, -0.2) is 5.71 Å². The highest BCUT2D eigenvalue weighted by molar-refractivity contribution is 6.12. The fourth-order valence-corrected chi connectivity index (χ4v) is 0.930. The van der Waals surface area contributed by atoms with Crippen molar-refractivity contribution in [1.82, 2.24) is 5.43 Å². The van der Waals surface area contributed by atoms with Gasteiger partial charge in [0.25, 0.3) is 0 Å². The normalized spacial score (nSPS) is 16.3. The van der Waals surface area contributed by atoms with Crippen molar-refractivity contribution in [3.8, 4) is 6.07 Å². The quantitative estimate of drug-likeness (QED) is 0.531. The molecule has 0 unspecified atom stereocenters. The van der Waals surface area contributed by atoms with Gasteiger partial charge >= 0.3 is 0 Å². The number of rotatable bonds is 1. The van der Waals surface area contributed by atoms with Gasteiger partial charge in [0.1, 0.15) is 6.07 Å². The first-order valence-electron chi connectivity index (χ1n) is 3.18. The van der Waals surface area contributed by atoms with E-state index >= 15 is 0 Å². The smallest absolute Gasteiger partial charge is 0.168 e. The van der Waals surface area contributed by atoms with Crippen molar-refractivity contribution in [2.45, 2.75) is 20.3 Å². The number of hydrogen-bond acceptors (Lipinski definition) is 2. The lowest BCUT2D eigenvalue weighted by atomic mass is 10.1. The third-order valence-electron chi connectivity index (χ3n) is 1.48. The third kappa shape index (κ3) is 0.883. The summed E-state index contributed by atoms with van der Waals surface area (Å²) in [6.07, 6.45) is 0.835. The van der Waals surface area contributed by atoms with E-state index in [0.29, 0.717) is 5.71 Å². The SMILES string of the molecule is CCC1=C(C)[N]N=C1C#N. The summed E-state index contributed by atoms with van der Waals surface area (Å²) in [5, 5.41) is 12.2. The Morgan fingerprint density at radius 2 is 2.30 bits per heavy atom. The monoisotopic (exact) mass is 134 g/mol. The lowest BCUT2D eigenvalue weighted by molar-refractivity contribution is 0.885. The molecule has 0 N–H and O–H groups in total. The van der Waals surface area contributed by atoms with Crippen molar-refractivity contribution in [3.63, 3.8) is 0 Å². The van der Waals surface area contributed by atoms with E-state index < -0.39 is 0 Å². The van der Waals surface area contributed by atoms with E-state index in [1.807, 2.05) is 19.9 Å². The van der Waals surface area contributed by atoms with Gasteiger partial charge in [-0.15, -0.1) is 5.10 Å². The molecule has 0 aliphatic carbocycles. The first-order valence-corrected chi connectivity index (χ1v) is 3.18. The molecule has 0 bridgehead atoms. The summed E-state index contributed by atoms with van der Waals surface area (Å²) in [6.45, 7) is 3.86. The van der Waals surface area contributed by atoms with Crippen molar-refractivity contribution in [2.24, 2.45) is 5.10 Å². The van der Waals surface area contributed by atoms with E-state index in [-0.39, 0.29) is 0 Å². The van der Waals surface area contributed by atoms with Crippen LogP contribution in [-0.2, 0) is 0 Å². The molecule has 0 saturated carbocycles. The van der Waals surface area contributed by atoms with Gasteiger partial charge in [0.2, 0.25) is 0 Å². The van der Waals surface area contributed by atoms with Gasteiger partial charge in [-0.25, -0.2) is 0 Å². The number of allylic oxidation sites excluding steroid dienone is 2. The molecule has 51 valence electrons. The van der Waals surface area contributed by atoms with E-state index in [1.165, 1.54) is 0 Å². The highest BCUT2D eigenvalue weighted by Crippen LogP contribution is 2.14. The van der Waals surface area contributed by atoms with Gasteiger partial charge in [-0.05, 0) is 13.3 Å². The fourth-order valence-electron chi connectivity index (χ4n) is 0.930. The first-order chi connectivity index (χ1) is 4.79. The van der Waals surface area contributed by atoms with Gasteiger partial charge < -0.3 is 0 Å². The molecule has 0 aromatic rings. The predicted octanol–water partition coefficient (Wildman–Crippen LogP) is 1.17. The predicted molar refractivity (Wildman–Crippen MR) is 38.2 cm³/mol. The molecular weight excluding hydrogens is 126 g/mol. The Morgan fingerprint density at radius 3 is 2.70 bits per heavy atom. The molecule has 1 rings (SSSR count). The lowest BCUT2D eigenvalue weighted by Gasteiger charge is -1.92. The molecule has 0 atom stereocenters. The van der Waals surface area contributed by atoms with Crippen molar-refractivity contribution >= 4 is 5.71 Å². The summed E-state index contributed by atoms with van der Waals surface area (Å²) in [4.78, 5) is 0. The Hall–Kier alpha value is -1.30. The molecule has 3 nitrogen and oxygen atoms in total. The van der Waals surface area contributed by atoms with E-state index in [4.69, 9.17) is 5.26 Å². The molecule has 0 aromatic heterocycles. The van der Waals surface area contributed by atoms with Crippen molar-refractivity contribution in [2.75, 3.05) is 0 Å². The minimum absolute atomic E-state index is 0.472. The lowest BCUT2D eigenvalue weighted by Crippen LogP contribution is -1.94. The second-order valence-electron chi connectivity index (χ2n) is 2.08. The van der Waals surface area contributed by atoms with Gasteiger partial charge in [0.15, 0.2) is 5.71 Å². The summed E-state index contributed by atoms with van der Waals surface area (Å²) in [7, 11) is 0.